The quantitative estimate of drug-likeness (QED) is 0.805. The zero-order valence-corrected chi connectivity index (χ0v) is 13.1. The Morgan fingerprint density at radius 1 is 1.05 bits per heavy atom. The molecular weight excluding hydrogens is 296 g/mol. The van der Waals surface area contributed by atoms with Crippen LogP contribution in [0.3, 0.4) is 0 Å². The fraction of sp³-hybridized carbons (Fsp3) is 0.176. The summed E-state index contributed by atoms with van der Waals surface area (Å²) in [6, 6.07) is 17.7. The van der Waals surface area contributed by atoms with E-state index in [9.17, 15) is 8.42 Å². The van der Waals surface area contributed by atoms with Crippen molar-refractivity contribution >= 4 is 20.9 Å². The van der Waals surface area contributed by atoms with Crippen molar-refractivity contribution in [1.29, 1.82) is 0 Å². The highest BCUT2D eigenvalue weighted by atomic mass is 32.2. The molecule has 22 heavy (non-hydrogen) atoms. The van der Waals surface area contributed by atoms with Gasteiger partial charge in [-0.1, -0.05) is 36.4 Å². The number of para-hydroxylation sites is 1. The number of nitrogens with two attached hydrogens (primary N) is 1. The van der Waals surface area contributed by atoms with Crippen molar-refractivity contribution in [3.63, 3.8) is 0 Å². The summed E-state index contributed by atoms with van der Waals surface area (Å²) in [5.41, 5.74) is 7.28. The third kappa shape index (κ3) is 2.53. The van der Waals surface area contributed by atoms with Gasteiger partial charge in [-0.25, -0.2) is 12.4 Å². The van der Waals surface area contributed by atoms with Crippen LogP contribution in [0.25, 0.3) is 10.9 Å². The van der Waals surface area contributed by atoms with Crippen molar-refractivity contribution in [3.8, 4) is 0 Å². The molecule has 0 bridgehead atoms. The average molecular weight is 314 g/mol. The Bertz CT molecular complexity index is 897. The van der Waals surface area contributed by atoms with E-state index in [-0.39, 0.29) is 10.9 Å². The van der Waals surface area contributed by atoms with Crippen LogP contribution >= 0.6 is 0 Å². The van der Waals surface area contributed by atoms with Gasteiger partial charge in [0.2, 0.25) is 0 Å². The van der Waals surface area contributed by atoms with E-state index in [4.69, 9.17) is 5.73 Å². The molecule has 4 nitrogen and oxygen atoms in total. The van der Waals surface area contributed by atoms with E-state index in [2.05, 4.69) is 0 Å². The summed E-state index contributed by atoms with van der Waals surface area (Å²) in [4.78, 5) is 0.280. The standard InChI is InChI=1S/C17H18N2O2S/c1-13(18)11-15-12-14-7-5-6-10-17(14)19(15)22(20,21)16-8-3-2-4-9-16/h2-10,12-13H,11,18H2,1H3. The summed E-state index contributed by atoms with van der Waals surface area (Å²) in [5.74, 6) is 0. The van der Waals surface area contributed by atoms with E-state index < -0.39 is 10.0 Å². The first-order valence-electron chi connectivity index (χ1n) is 7.16. The highest BCUT2D eigenvalue weighted by Gasteiger charge is 2.22. The van der Waals surface area contributed by atoms with Crippen LogP contribution in [-0.2, 0) is 16.4 Å². The lowest BCUT2D eigenvalue weighted by atomic mass is 10.2. The molecule has 3 aromatic rings. The smallest absolute Gasteiger partial charge is 0.268 e. The molecule has 0 saturated heterocycles. The van der Waals surface area contributed by atoms with Crippen molar-refractivity contribution < 1.29 is 8.42 Å². The maximum Gasteiger partial charge on any atom is 0.268 e. The SMILES string of the molecule is CC(N)Cc1cc2ccccc2n1S(=O)(=O)c1ccccc1. The molecule has 0 aliphatic rings. The van der Waals surface area contributed by atoms with Gasteiger partial charge >= 0.3 is 0 Å². The maximum absolute atomic E-state index is 13.0. The zero-order valence-electron chi connectivity index (χ0n) is 12.3. The molecule has 1 aromatic heterocycles. The predicted octanol–water partition coefficient (Wildman–Crippen LogP) is 2.77. The molecule has 1 atom stereocenters. The number of hydrogen-bond donors (Lipinski definition) is 1. The summed E-state index contributed by atoms with van der Waals surface area (Å²) in [7, 11) is -3.64. The van der Waals surface area contributed by atoms with Crippen molar-refractivity contribution in [2.75, 3.05) is 0 Å². The summed E-state index contributed by atoms with van der Waals surface area (Å²) in [5, 5.41) is 0.901. The van der Waals surface area contributed by atoms with Crippen LogP contribution in [0.15, 0.2) is 65.6 Å². The van der Waals surface area contributed by atoms with Crippen LogP contribution in [-0.4, -0.2) is 18.4 Å². The number of hydrogen-bond acceptors (Lipinski definition) is 3. The molecular formula is C17H18N2O2S. The minimum Gasteiger partial charge on any atom is -0.328 e. The molecule has 5 heteroatoms. The molecule has 0 aliphatic carbocycles. The normalized spacial score (nSPS) is 13.4. The fourth-order valence-corrected chi connectivity index (χ4v) is 4.21. The van der Waals surface area contributed by atoms with Crippen LogP contribution in [0.5, 0.6) is 0 Å². The number of rotatable bonds is 4. The second-order valence-electron chi connectivity index (χ2n) is 5.46. The summed E-state index contributed by atoms with van der Waals surface area (Å²) in [6.07, 6.45) is 0.501. The molecule has 2 aromatic carbocycles. The lowest BCUT2D eigenvalue weighted by Crippen LogP contribution is -2.22. The van der Waals surface area contributed by atoms with Crippen molar-refractivity contribution in [2.45, 2.75) is 24.3 Å². The summed E-state index contributed by atoms with van der Waals surface area (Å²) >= 11 is 0. The molecule has 0 fully saturated rings. The predicted molar refractivity (Wildman–Crippen MR) is 88.3 cm³/mol. The number of aromatic nitrogens is 1. The van der Waals surface area contributed by atoms with E-state index in [0.717, 1.165) is 5.39 Å². The van der Waals surface area contributed by atoms with Gasteiger partial charge in [0.1, 0.15) is 0 Å². The van der Waals surface area contributed by atoms with E-state index in [0.29, 0.717) is 17.6 Å². The minimum atomic E-state index is -3.64. The Labute approximate surface area is 130 Å². The summed E-state index contributed by atoms with van der Waals surface area (Å²) in [6.45, 7) is 1.87. The van der Waals surface area contributed by atoms with Crippen LogP contribution in [0.1, 0.15) is 12.6 Å². The maximum atomic E-state index is 13.0. The van der Waals surface area contributed by atoms with Gasteiger partial charge in [0.15, 0.2) is 0 Å². The highest BCUT2D eigenvalue weighted by molar-refractivity contribution is 7.90. The molecule has 0 radical (unpaired) electrons. The van der Waals surface area contributed by atoms with E-state index in [1.54, 1.807) is 30.3 Å². The molecule has 1 unspecified atom stereocenters. The van der Waals surface area contributed by atoms with Crippen LogP contribution in [0.2, 0.25) is 0 Å². The van der Waals surface area contributed by atoms with Gasteiger partial charge in [-0.05, 0) is 31.2 Å². The lowest BCUT2D eigenvalue weighted by Gasteiger charge is -2.13. The summed E-state index contributed by atoms with van der Waals surface area (Å²) < 4.78 is 27.5. The molecule has 114 valence electrons. The molecule has 3 rings (SSSR count). The third-order valence-electron chi connectivity index (χ3n) is 3.55. The topological polar surface area (TPSA) is 65.1 Å². The fourth-order valence-electron chi connectivity index (χ4n) is 2.64. The molecule has 2 N–H and O–H groups in total. The van der Waals surface area contributed by atoms with Gasteiger partial charge in [0.25, 0.3) is 10.0 Å². The Balaban J connectivity index is 2.29. The van der Waals surface area contributed by atoms with E-state index >= 15 is 0 Å². The van der Waals surface area contributed by atoms with Crippen LogP contribution in [0, 0.1) is 0 Å². The van der Waals surface area contributed by atoms with Gasteiger partial charge in [-0.3, -0.25) is 0 Å². The third-order valence-corrected chi connectivity index (χ3v) is 5.33. The van der Waals surface area contributed by atoms with E-state index in [1.807, 2.05) is 37.3 Å². The average Bonchev–Trinajstić information content (AvgIpc) is 2.85. The zero-order chi connectivity index (χ0) is 15.7. The molecule has 0 aliphatic heterocycles. The molecule has 0 amide bonds. The van der Waals surface area contributed by atoms with Gasteiger partial charge in [0.05, 0.1) is 10.4 Å². The Morgan fingerprint density at radius 2 is 1.68 bits per heavy atom. The van der Waals surface area contributed by atoms with Gasteiger partial charge in [0, 0.05) is 23.5 Å². The second kappa shape index (κ2) is 5.59. The first-order chi connectivity index (χ1) is 10.5. The van der Waals surface area contributed by atoms with Gasteiger partial charge in [-0.15, -0.1) is 0 Å². The van der Waals surface area contributed by atoms with Crippen molar-refractivity contribution in [1.82, 2.24) is 3.97 Å². The largest absolute Gasteiger partial charge is 0.328 e. The van der Waals surface area contributed by atoms with Crippen LogP contribution < -0.4 is 5.73 Å². The first kappa shape index (κ1) is 14.8. The minimum absolute atomic E-state index is 0.117. The van der Waals surface area contributed by atoms with Crippen molar-refractivity contribution in [2.24, 2.45) is 5.73 Å². The molecule has 0 spiro atoms. The van der Waals surface area contributed by atoms with Crippen molar-refractivity contribution in [3.05, 3.63) is 66.4 Å². The Hall–Kier alpha value is -2.11. The molecule has 0 saturated carbocycles. The second-order valence-corrected chi connectivity index (χ2v) is 7.25. The van der Waals surface area contributed by atoms with Crippen LogP contribution in [0.4, 0.5) is 0 Å². The van der Waals surface area contributed by atoms with Gasteiger partial charge in [-0.2, -0.15) is 0 Å². The Morgan fingerprint density at radius 3 is 2.36 bits per heavy atom. The number of nitrogens with zero attached hydrogens (tertiary/aromatic N) is 1. The van der Waals surface area contributed by atoms with E-state index in [1.165, 1.54) is 3.97 Å². The first-order valence-corrected chi connectivity index (χ1v) is 8.60. The lowest BCUT2D eigenvalue weighted by molar-refractivity contribution is 0.585. The number of fused-ring (bicyclic) bond motifs is 1. The van der Waals surface area contributed by atoms with Gasteiger partial charge < -0.3 is 5.73 Å². The highest BCUT2D eigenvalue weighted by Crippen LogP contribution is 2.26. The monoisotopic (exact) mass is 314 g/mol. The Kier molecular flexibility index (Phi) is 3.76. The molecule has 1 heterocycles. The number of benzene rings is 2.